The molecule has 1 saturated heterocycles. The molecule has 4 rings (SSSR count). The molecular weight excluding hydrogens is 522 g/mol. The van der Waals surface area contributed by atoms with E-state index >= 15 is 8.78 Å². The standard InChI is InChI=1S/C24H28F2N6O5S/c1-2-31-12-10-19(24(25,26)15-31)30-21-17-9-13-32(38(36,37)16-6-4-3-5-7-16)22(17)28-14-18(21)29-20(33)8-11-27-23(34)35/h3-7,9,13-14,19,27H,2,8,10-12,15H2,1H3,(H,28,30)(H,29,33)(H,34,35). The lowest BCUT2D eigenvalue weighted by molar-refractivity contribution is -0.116. The number of benzene rings is 1. The number of halogens is 2. The predicted octanol–water partition coefficient (Wildman–Crippen LogP) is 3.01. The third kappa shape index (κ3) is 5.70. The molecule has 3 heterocycles. The molecule has 1 aromatic carbocycles. The molecule has 38 heavy (non-hydrogen) atoms. The molecule has 11 nitrogen and oxygen atoms in total. The van der Waals surface area contributed by atoms with E-state index in [1.807, 2.05) is 0 Å². The van der Waals surface area contributed by atoms with Crippen molar-refractivity contribution in [2.75, 3.05) is 36.8 Å². The smallest absolute Gasteiger partial charge is 0.404 e. The summed E-state index contributed by atoms with van der Waals surface area (Å²) in [7, 11) is -4.04. The molecule has 2 amide bonds. The second-order valence-electron chi connectivity index (χ2n) is 8.86. The van der Waals surface area contributed by atoms with Crippen molar-refractivity contribution in [3.05, 3.63) is 48.8 Å². The van der Waals surface area contributed by atoms with Crippen molar-refractivity contribution in [2.24, 2.45) is 0 Å². The molecule has 1 aliphatic heterocycles. The summed E-state index contributed by atoms with van der Waals surface area (Å²) in [4.78, 5) is 29.0. The number of carboxylic acid groups (broad SMARTS) is 1. The molecule has 4 N–H and O–H groups in total. The molecule has 0 spiro atoms. The van der Waals surface area contributed by atoms with Gasteiger partial charge in [-0.3, -0.25) is 9.69 Å². The molecule has 1 aliphatic rings. The summed E-state index contributed by atoms with van der Waals surface area (Å²) >= 11 is 0. The summed E-state index contributed by atoms with van der Waals surface area (Å²) in [6, 6.07) is 7.86. The Balaban J connectivity index is 1.73. The molecule has 14 heteroatoms. The highest BCUT2D eigenvalue weighted by Crippen LogP contribution is 2.37. The first kappa shape index (κ1) is 27.3. The molecule has 0 aliphatic carbocycles. The van der Waals surface area contributed by atoms with Gasteiger partial charge in [0.1, 0.15) is 0 Å². The van der Waals surface area contributed by atoms with Crippen LogP contribution in [0.5, 0.6) is 0 Å². The van der Waals surface area contributed by atoms with E-state index in [4.69, 9.17) is 5.11 Å². The van der Waals surface area contributed by atoms with E-state index in [-0.39, 0.29) is 46.7 Å². The maximum Gasteiger partial charge on any atom is 0.404 e. The van der Waals surface area contributed by atoms with Gasteiger partial charge < -0.3 is 21.1 Å². The molecule has 204 valence electrons. The van der Waals surface area contributed by atoms with Gasteiger partial charge in [-0.15, -0.1) is 0 Å². The average Bonchev–Trinajstić information content (AvgIpc) is 3.31. The SMILES string of the molecule is CCN1CCC(Nc2c(NC(=O)CCNC(=O)O)cnc3c2ccn3S(=O)(=O)c2ccccc2)C(F)(F)C1. The molecule has 2 aromatic heterocycles. The summed E-state index contributed by atoms with van der Waals surface area (Å²) in [5.74, 6) is -3.68. The van der Waals surface area contributed by atoms with E-state index in [0.29, 0.717) is 13.1 Å². The maximum absolute atomic E-state index is 15.1. The first-order valence-electron chi connectivity index (χ1n) is 12.0. The third-order valence-electron chi connectivity index (χ3n) is 6.33. The molecule has 1 fully saturated rings. The van der Waals surface area contributed by atoms with Crippen molar-refractivity contribution in [2.45, 2.75) is 36.6 Å². The molecule has 0 radical (unpaired) electrons. The van der Waals surface area contributed by atoms with Crippen molar-refractivity contribution in [3.8, 4) is 0 Å². The zero-order chi connectivity index (χ0) is 27.5. The highest BCUT2D eigenvalue weighted by atomic mass is 32.2. The van der Waals surface area contributed by atoms with Crippen LogP contribution in [0.1, 0.15) is 19.8 Å². The van der Waals surface area contributed by atoms with Crippen LogP contribution >= 0.6 is 0 Å². The minimum Gasteiger partial charge on any atom is -0.465 e. The fourth-order valence-electron chi connectivity index (χ4n) is 4.34. The lowest BCUT2D eigenvalue weighted by Crippen LogP contribution is -2.54. The van der Waals surface area contributed by atoms with Gasteiger partial charge >= 0.3 is 6.09 Å². The van der Waals surface area contributed by atoms with Gasteiger partial charge in [0.2, 0.25) is 5.91 Å². The van der Waals surface area contributed by atoms with Gasteiger partial charge in [-0.25, -0.2) is 30.9 Å². The van der Waals surface area contributed by atoms with Gasteiger partial charge in [0.15, 0.2) is 5.65 Å². The van der Waals surface area contributed by atoms with E-state index in [0.717, 1.165) is 3.97 Å². The van der Waals surface area contributed by atoms with E-state index in [1.165, 1.54) is 30.6 Å². The summed E-state index contributed by atoms with van der Waals surface area (Å²) in [5, 5.41) is 16.5. The van der Waals surface area contributed by atoms with E-state index in [1.54, 1.807) is 30.0 Å². The van der Waals surface area contributed by atoms with Gasteiger partial charge in [-0.1, -0.05) is 25.1 Å². The molecule has 1 atom stereocenters. The van der Waals surface area contributed by atoms with Crippen molar-refractivity contribution < 1.29 is 31.9 Å². The van der Waals surface area contributed by atoms with Gasteiger partial charge in [0.25, 0.3) is 15.9 Å². The van der Waals surface area contributed by atoms with Crippen LogP contribution in [-0.2, 0) is 14.8 Å². The van der Waals surface area contributed by atoms with Gasteiger partial charge in [0.05, 0.1) is 35.1 Å². The average molecular weight is 551 g/mol. The number of amides is 2. The Bertz CT molecular complexity index is 1430. The number of piperidine rings is 1. The number of pyridine rings is 1. The van der Waals surface area contributed by atoms with Crippen LogP contribution in [0, 0.1) is 0 Å². The van der Waals surface area contributed by atoms with Crippen LogP contribution in [0.2, 0.25) is 0 Å². The third-order valence-corrected chi connectivity index (χ3v) is 8.01. The van der Waals surface area contributed by atoms with Crippen molar-refractivity contribution in [3.63, 3.8) is 0 Å². The number of aromatic nitrogens is 2. The fourth-order valence-corrected chi connectivity index (χ4v) is 5.66. The Kier molecular flexibility index (Phi) is 7.83. The summed E-state index contributed by atoms with van der Waals surface area (Å²) in [6.07, 6.45) is 1.10. The highest BCUT2D eigenvalue weighted by Gasteiger charge is 2.44. The number of carbonyl (C=O) groups is 2. The molecule has 1 unspecified atom stereocenters. The monoisotopic (exact) mass is 550 g/mol. The molecule has 0 bridgehead atoms. The minimum absolute atomic E-state index is 0.00351. The van der Waals surface area contributed by atoms with Crippen LogP contribution in [0.3, 0.4) is 0 Å². The fraction of sp³-hybridized carbons (Fsp3) is 0.375. The second kappa shape index (κ2) is 10.9. The predicted molar refractivity (Wildman–Crippen MR) is 137 cm³/mol. The number of alkyl halides is 2. The van der Waals surface area contributed by atoms with E-state index in [2.05, 4.69) is 20.9 Å². The Morgan fingerprint density at radius 2 is 1.95 bits per heavy atom. The van der Waals surface area contributed by atoms with Crippen LogP contribution in [0.4, 0.5) is 25.0 Å². The highest BCUT2D eigenvalue weighted by molar-refractivity contribution is 7.90. The number of hydrogen-bond donors (Lipinski definition) is 4. The Labute approximate surface area is 217 Å². The zero-order valence-corrected chi connectivity index (χ0v) is 21.3. The first-order chi connectivity index (χ1) is 18.0. The number of nitrogens with one attached hydrogen (secondary N) is 3. The normalized spacial score (nSPS) is 17.7. The van der Waals surface area contributed by atoms with Crippen molar-refractivity contribution in [1.82, 2.24) is 19.2 Å². The summed E-state index contributed by atoms with van der Waals surface area (Å²) in [6.45, 7) is 2.12. The second-order valence-corrected chi connectivity index (χ2v) is 10.7. The zero-order valence-electron chi connectivity index (χ0n) is 20.5. The molecule has 0 saturated carbocycles. The number of nitrogens with zero attached hydrogens (tertiary/aromatic N) is 3. The lowest BCUT2D eigenvalue weighted by atomic mass is 10.00. The van der Waals surface area contributed by atoms with Crippen molar-refractivity contribution in [1.29, 1.82) is 0 Å². The largest absolute Gasteiger partial charge is 0.465 e. The number of rotatable bonds is 9. The van der Waals surface area contributed by atoms with Crippen LogP contribution in [-0.4, -0.2) is 77.5 Å². The number of fused-ring (bicyclic) bond motifs is 1. The van der Waals surface area contributed by atoms with Crippen molar-refractivity contribution >= 4 is 44.4 Å². The Morgan fingerprint density at radius 3 is 2.61 bits per heavy atom. The van der Waals surface area contributed by atoms with Gasteiger partial charge in [-0.05, 0) is 31.2 Å². The van der Waals surface area contributed by atoms with E-state index < -0.39 is 40.5 Å². The Morgan fingerprint density at radius 1 is 1.21 bits per heavy atom. The van der Waals surface area contributed by atoms with Crippen LogP contribution in [0.15, 0.2) is 53.7 Å². The van der Waals surface area contributed by atoms with E-state index in [9.17, 15) is 18.0 Å². The summed E-state index contributed by atoms with van der Waals surface area (Å²) in [5.41, 5.74) is 0.170. The van der Waals surface area contributed by atoms with Gasteiger partial charge in [-0.2, -0.15) is 0 Å². The Hall–Kier alpha value is -3.78. The number of likely N-dealkylation sites (tertiary alicyclic amines) is 1. The quantitative estimate of drug-likeness (QED) is 0.318. The topological polar surface area (TPSA) is 146 Å². The lowest BCUT2D eigenvalue weighted by Gasteiger charge is -2.38. The van der Waals surface area contributed by atoms with Crippen LogP contribution < -0.4 is 16.0 Å². The van der Waals surface area contributed by atoms with Crippen LogP contribution in [0.25, 0.3) is 11.0 Å². The summed E-state index contributed by atoms with van der Waals surface area (Å²) < 4.78 is 57.6. The molecule has 3 aromatic rings. The number of carbonyl (C=O) groups excluding carboxylic acids is 1. The maximum atomic E-state index is 15.1. The first-order valence-corrected chi connectivity index (χ1v) is 13.4. The number of hydrogen-bond acceptors (Lipinski definition) is 7. The molecular formula is C24H28F2N6O5S. The minimum atomic E-state index is -4.04. The van der Waals surface area contributed by atoms with Gasteiger partial charge in [0, 0.05) is 31.1 Å². The number of anilines is 2.